The molecule has 0 bridgehead atoms. The third-order valence-electron chi connectivity index (χ3n) is 4.57. The van der Waals surface area contributed by atoms with Gasteiger partial charge in [-0.15, -0.1) is 0 Å². The van der Waals surface area contributed by atoms with E-state index in [-0.39, 0.29) is 0 Å². The van der Waals surface area contributed by atoms with Crippen molar-refractivity contribution in [1.29, 1.82) is 0 Å². The van der Waals surface area contributed by atoms with Crippen LogP contribution >= 0.6 is 11.6 Å². The minimum absolute atomic E-state index is 0.402. The van der Waals surface area contributed by atoms with Crippen LogP contribution in [0.15, 0.2) is 24.3 Å². The Balaban J connectivity index is 1.64. The number of nitrogens with zero attached hydrogens (tertiary/aromatic N) is 1. The summed E-state index contributed by atoms with van der Waals surface area (Å²) < 4.78 is 5.51. The van der Waals surface area contributed by atoms with Gasteiger partial charge in [-0.1, -0.05) is 36.9 Å². The zero-order valence-corrected chi connectivity index (χ0v) is 14.6. The Bertz CT molecular complexity index is 703. The summed E-state index contributed by atoms with van der Waals surface area (Å²) in [6.45, 7) is 1.53. The van der Waals surface area contributed by atoms with Crippen molar-refractivity contribution in [3.63, 3.8) is 0 Å². The predicted molar refractivity (Wildman–Crippen MR) is 90.9 cm³/mol. The molecule has 1 aromatic carbocycles. The van der Waals surface area contributed by atoms with Crippen LogP contribution in [-0.2, 0) is 9.59 Å². The second kappa shape index (κ2) is 6.92. The monoisotopic (exact) mass is 365 g/mol. The number of rotatable bonds is 4. The first-order chi connectivity index (χ1) is 11.9. The third kappa shape index (κ3) is 3.56. The molecule has 1 heterocycles. The summed E-state index contributed by atoms with van der Waals surface area (Å²) >= 11 is 5.88. The van der Waals surface area contributed by atoms with Gasteiger partial charge < -0.3 is 10.1 Å². The van der Waals surface area contributed by atoms with Crippen LogP contribution in [0.5, 0.6) is 5.75 Å². The fraction of sp³-hybridized carbons (Fsp3) is 0.471. The molecule has 8 heteroatoms. The molecule has 7 nitrogen and oxygen atoms in total. The zero-order valence-electron chi connectivity index (χ0n) is 13.9. The maximum absolute atomic E-state index is 12.6. The molecule has 0 aromatic heterocycles. The number of ether oxygens (including phenoxy) is 1. The van der Waals surface area contributed by atoms with Crippen molar-refractivity contribution in [3.8, 4) is 5.75 Å². The fourth-order valence-electron chi connectivity index (χ4n) is 3.22. The number of amides is 4. The maximum Gasteiger partial charge on any atom is 0.344 e. The van der Waals surface area contributed by atoms with Gasteiger partial charge in [0.15, 0.2) is 6.10 Å². The van der Waals surface area contributed by atoms with E-state index >= 15 is 0 Å². The molecular weight excluding hydrogens is 346 g/mol. The van der Waals surface area contributed by atoms with Gasteiger partial charge in [-0.25, -0.2) is 4.79 Å². The largest absolute Gasteiger partial charge is 0.481 e. The fourth-order valence-corrected chi connectivity index (χ4v) is 3.40. The Morgan fingerprint density at radius 3 is 2.72 bits per heavy atom. The van der Waals surface area contributed by atoms with E-state index in [9.17, 15) is 14.4 Å². The normalized spacial score (nSPS) is 20.3. The van der Waals surface area contributed by atoms with Crippen molar-refractivity contribution < 1.29 is 19.1 Å². The van der Waals surface area contributed by atoms with Crippen molar-refractivity contribution in [3.05, 3.63) is 29.3 Å². The molecule has 2 fully saturated rings. The van der Waals surface area contributed by atoms with E-state index < -0.39 is 29.5 Å². The van der Waals surface area contributed by atoms with Crippen molar-refractivity contribution in [2.24, 2.45) is 0 Å². The van der Waals surface area contributed by atoms with E-state index in [0.29, 0.717) is 23.6 Å². The van der Waals surface area contributed by atoms with Crippen LogP contribution < -0.4 is 15.5 Å². The average molecular weight is 366 g/mol. The summed E-state index contributed by atoms with van der Waals surface area (Å²) in [4.78, 5) is 37.1. The molecule has 1 aliphatic carbocycles. The number of carbonyl (C=O) groups is 3. The summed E-state index contributed by atoms with van der Waals surface area (Å²) in [5.41, 5.74) is 1.48. The van der Waals surface area contributed by atoms with Gasteiger partial charge in [-0.2, -0.15) is 5.01 Å². The highest BCUT2D eigenvalue weighted by molar-refractivity contribution is 6.30. The molecule has 4 amide bonds. The molecule has 134 valence electrons. The molecule has 0 radical (unpaired) electrons. The molecule has 0 unspecified atom stereocenters. The Kier molecular flexibility index (Phi) is 4.85. The van der Waals surface area contributed by atoms with Crippen LogP contribution in [0, 0.1) is 0 Å². The molecule has 1 aliphatic heterocycles. The third-order valence-corrected chi connectivity index (χ3v) is 4.80. The highest BCUT2D eigenvalue weighted by atomic mass is 35.5. The van der Waals surface area contributed by atoms with Crippen molar-refractivity contribution in [1.82, 2.24) is 15.8 Å². The van der Waals surface area contributed by atoms with E-state index in [2.05, 4.69) is 10.7 Å². The molecule has 1 aromatic rings. The van der Waals surface area contributed by atoms with Crippen LogP contribution in [0.1, 0.15) is 39.0 Å². The Hall–Kier alpha value is -2.28. The lowest BCUT2D eigenvalue weighted by Gasteiger charge is -2.30. The molecule has 1 atom stereocenters. The number of imide groups is 1. The topological polar surface area (TPSA) is 87.7 Å². The molecule has 1 saturated carbocycles. The lowest BCUT2D eigenvalue weighted by molar-refractivity contribution is -0.142. The van der Waals surface area contributed by atoms with Crippen molar-refractivity contribution in [2.45, 2.75) is 50.7 Å². The quantitative estimate of drug-likeness (QED) is 0.802. The lowest BCUT2D eigenvalue weighted by atomic mass is 9.82. The number of hydrazine groups is 1. The first-order valence-electron chi connectivity index (χ1n) is 8.31. The molecule has 25 heavy (non-hydrogen) atoms. The summed E-state index contributed by atoms with van der Waals surface area (Å²) in [7, 11) is 0. The second-order valence-electron chi connectivity index (χ2n) is 6.41. The molecular formula is C17H20ClN3O4. The summed E-state index contributed by atoms with van der Waals surface area (Å²) in [5.74, 6) is -0.562. The number of nitrogens with one attached hydrogen (secondary N) is 2. The lowest BCUT2D eigenvalue weighted by Crippen LogP contribution is -2.53. The molecule has 2 N–H and O–H groups in total. The molecule has 1 saturated heterocycles. The van der Waals surface area contributed by atoms with Gasteiger partial charge in [-0.05, 0) is 38.0 Å². The Labute approximate surface area is 150 Å². The van der Waals surface area contributed by atoms with E-state index in [4.69, 9.17) is 16.3 Å². The number of hydrogen-bond acceptors (Lipinski definition) is 4. The number of halogens is 1. The molecule has 2 aliphatic rings. The van der Waals surface area contributed by atoms with E-state index in [1.165, 1.54) is 6.92 Å². The van der Waals surface area contributed by atoms with Gasteiger partial charge in [0.2, 0.25) is 0 Å². The number of benzene rings is 1. The zero-order chi connectivity index (χ0) is 18.0. The second-order valence-corrected chi connectivity index (χ2v) is 6.84. The van der Waals surface area contributed by atoms with Gasteiger partial charge in [0, 0.05) is 5.02 Å². The van der Waals surface area contributed by atoms with Crippen molar-refractivity contribution in [2.75, 3.05) is 0 Å². The van der Waals surface area contributed by atoms with Crippen LogP contribution in [0.2, 0.25) is 5.02 Å². The summed E-state index contributed by atoms with van der Waals surface area (Å²) in [5, 5.41) is 3.99. The van der Waals surface area contributed by atoms with Gasteiger partial charge >= 0.3 is 6.03 Å². The van der Waals surface area contributed by atoms with Crippen molar-refractivity contribution >= 4 is 29.4 Å². The first-order valence-corrected chi connectivity index (χ1v) is 8.68. The highest BCUT2D eigenvalue weighted by Crippen LogP contribution is 2.33. The Morgan fingerprint density at radius 2 is 2.04 bits per heavy atom. The van der Waals surface area contributed by atoms with E-state index in [1.807, 2.05) is 0 Å². The minimum Gasteiger partial charge on any atom is -0.481 e. The van der Waals surface area contributed by atoms with Crippen LogP contribution in [-0.4, -0.2) is 34.5 Å². The SMILES string of the molecule is C[C@H](Oc1cccc(Cl)c1)C(=O)NN1C(=O)NC2(CCCCC2)C1=O. The number of carbonyl (C=O) groups excluding carboxylic acids is 3. The summed E-state index contributed by atoms with van der Waals surface area (Å²) in [6.07, 6.45) is 3.09. The van der Waals surface area contributed by atoms with Gasteiger partial charge in [0.1, 0.15) is 11.3 Å². The van der Waals surface area contributed by atoms with E-state index in [0.717, 1.165) is 24.3 Å². The van der Waals surface area contributed by atoms with E-state index in [1.54, 1.807) is 24.3 Å². The van der Waals surface area contributed by atoms with Gasteiger partial charge in [0.25, 0.3) is 11.8 Å². The average Bonchev–Trinajstić information content (AvgIpc) is 2.79. The van der Waals surface area contributed by atoms with Crippen LogP contribution in [0.3, 0.4) is 0 Å². The molecule has 1 spiro atoms. The maximum atomic E-state index is 12.6. The number of hydrogen-bond donors (Lipinski definition) is 2. The van der Waals surface area contributed by atoms with Gasteiger partial charge in [-0.3, -0.25) is 15.0 Å². The predicted octanol–water partition coefficient (Wildman–Crippen LogP) is 2.39. The Morgan fingerprint density at radius 1 is 1.32 bits per heavy atom. The van der Waals surface area contributed by atoms with Crippen LogP contribution in [0.25, 0.3) is 0 Å². The first kappa shape index (κ1) is 17.5. The standard InChI is InChI=1S/C17H20ClN3O4/c1-11(25-13-7-5-6-12(18)10-13)14(22)20-21-15(23)17(19-16(21)24)8-3-2-4-9-17/h5-7,10-11H,2-4,8-9H2,1H3,(H,19,24)(H,20,22)/t11-/m0/s1. The smallest absolute Gasteiger partial charge is 0.344 e. The highest BCUT2D eigenvalue weighted by Gasteiger charge is 2.52. The number of urea groups is 1. The minimum atomic E-state index is -0.901. The molecule has 3 rings (SSSR count). The summed E-state index contributed by atoms with van der Waals surface area (Å²) in [6, 6.07) is 6.04. The van der Waals surface area contributed by atoms with Gasteiger partial charge in [0.05, 0.1) is 0 Å². The van der Waals surface area contributed by atoms with Crippen LogP contribution in [0.4, 0.5) is 4.79 Å².